The summed E-state index contributed by atoms with van der Waals surface area (Å²) in [6.45, 7) is 7.69. The van der Waals surface area contributed by atoms with Crippen LogP contribution in [0.5, 0.6) is 0 Å². The van der Waals surface area contributed by atoms with E-state index in [0.717, 1.165) is 17.4 Å². The van der Waals surface area contributed by atoms with E-state index in [2.05, 4.69) is 59.1 Å². The van der Waals surface area contributed by atoms with Crippen molar-refractivity contribution in [1.29, 1.82) is 0 Å². The molecule has 0 saturated carbocycles. The Morgan fingerprint density at radius 2 is 2.12 bits per heavy atom. The van der Waals surface area contributed by atoms with Crippen molar-refractivity contribution in [2.24, 2.45) is 5.92 Å². The molecule has 0 aliphatic heterocycles. The first kappa shape index (κ1) is 13.7. The van der Waals surface area contributed by atoms with Crippen LogP contribution in [0.4, 0.5) is 0 Å². The van der Waals surface area contributed by atoms with E-state index in [1.54, 1.807) is 0 Å². The molecular weight excluding hydrogens is 264 g/mol. The zero-order valence-corrected chi connectivity index (χ0v) is 11.9. The van der Waals surface area contributed by atoms with Gasteiger partial charge in [-0.2, -0.15) is 0 Å². The third-order valence-electron chi connectivity index (χ3n) is 3.02. The van der Waals surface area contributed by atoms with E-state index in [1.807, 2.05) is 6.20 Å². The number of aromatic nitrogens is 1. The number of halogens is 1. The van der Waals surface area contributed by atoms with Crippen LogP contribution < -0.4 is 5.32 Å². The minimum atomic E-state index is 0.556. The topological polar surface area (TPSA) is 24.9 Å². The average molecular weight is 285 g/mol. The van der Waals surface area contributed by atoms with Gasteiger partial charge in [-0.05, 0) is 53.9 Å². The summed E-state index contributed by atoms with van der Waals surface area (Å²) in [6.07, 6.45) is 4.11. The van der Waals surface area contributed by atoms with Crippen LogP contribution in [-0.4, -0.2) is 17.6 Å². The molecule has 2 nitrogen and oxygen atoms in total. The summed E-state index contributed by atoms with van der Waals surface area (Å²) >= 11 is 3.41. The predicted octanol–water partition coefficient (Wildman–Crippen LogP) is 3.41. The Kier molecular flexibility index (Phi) is 5.99. The Hall–Kier alpha value is -0.410. The van der Waals surface area contributed by atoms with Crippen LogP contribution in [0, 0.1) is 5.92 Å². The lowest BCUT2D eigenvalue weighted by Crippen LogP contribution is -2.34. The van der Waals surface area contributed by atoms with Gasteiger partial charge in [0.05, 0.1) is 0 Å². The molecule has 0 aliphatic carbocycles. The summed E-state index contributed by atoms with van der Waals surface area (Å²) in [7, 11) is 0. The van der Waals surface area contributed by atoms with Crippen molar-refractivity contribution in [2.45, 2.75) is 39.7 Å². The predicted molar refractivity (Wildman–Crippen MR) is 72.6 cm³/mol. The van der Waals surface area contributed by atoms with E-state index < -0.39 is 0 Å². The van der Waals surface area contributed by atoms with Gasteiger partial charge in [0.1, 0.15) is 0 Å². The third kappa shape index (κ3) is 4.22. The minimum Gasteiger partial charge on any atom is -0.314 e. The monoisotopic (exact) mass is 284 g/mol. The standard InChI is InChI=1S/C13H21BrN2/c1-4-11(10(3)15-5-2)8-13-7-6-12(14)9-16-13/h6-7,9-11,15H,4-5,8H2,1-3H3. The number of nitrogens with zero attached hydrogens (tertiary/aromatic N) is 1. The molecule has 2 atom stereocenters. The number of hydrogen-bond donors (Lipinski definition) is 1. The Balaban J connectivity index is 2.59. The van der Waals surface area contributed by atoms with Crippen LogP contribution in [0.3, 0.4) is 0 Å². The van der Waals surface area contributed by atoms with Gasteiger partial charge in [0.2, 0.25) is 0 Å². The van der Waals surface area contributed by atoms with Crippen molar-refractivity contribution in [1.82, 2.24) is 10.3 Å². The first-order chi connectivity index (χ1) is 7.67. The second kappa shape index (κ2) is 7.02. The molecule has 1 N–H and O–H groups in total. The summed E-state index contributed by atoms with van der Waals surface area (Å²) in [5, 5.41) is 3.49. The van der Waals surface area contributed by atoms with Crippen LogP contribution >= 0.6 is 15.9 Å². The maximum absolute atomic E-state index is 4.43. The molecule has 0 fully saturated rings. The van der Waals surface area contributed by atoms with E-state index in [-0.39, 0.29) is 0 Å². The zero-order chi connectivity index (χ0) is 12.0. The Morgan fingerprint density at radius 3 is 2.62 bits per heavy atom. The quantitative estimate of drug-likeness (QED) is 0.866. The Labute approximate surface area is 107 Å². The molecule has 1 aromatic rings. The molecular formula is C13H21BrN2. The molecule has 16 heavy (non-hydrogen) atoms. The van der Waals surface area contributed by atoms with Gasteiger partial charge in [-0.15, -0.1) is 0 Å². The van der Waals surface area contributed by atoms with Gasteiger partial charge in [-0.1, -0.05) is 20.3 Å². The van der Waals surface area contributed by atoms with E-state index in [9.17, 15) is 0 Å². The maximum atomic E-state index is 4.43. The Bertz CT molecular complexity index is 297. The molecule has 1 aromatic heterocycles. The van der Waals surface area contributed by atoms with Crippen LogP contribution in [0.2, 0.25) is 0 Å². The van der Waals surface area contributed by atoms with Crippen LogP contribution in [0.25, 0.3) is 0 Å². The van der Waals surface area contributed by atoms with Gasteiger partial charge in [0.25, 0.3) is 0 Å². The van der Waals surface area contributed by atoms with Gasteiger partial charge in [0, 0.05) is 22.4 Å². The molecule has 1 heterocycles. The highest BCUT2D eigenvalue weighted by molar-refractivity contribution is 9.10. The van der Waals surface area contributed by atoms with Crippen molar-refractivity contribution in [3.63, 3.8) is 0 Å². The van der Waals surface area contributed by atoms with Gasteiger partial charge in [-0.3, -0.25) is 4.98 Å². The number of rotatable bonds is 6. The van der Waals surface area contributed by atoms with E-state index in [0.29, 0.717) is 12.0 Å². The molecule has 0 radical (unpaired) electrons. The van der Waals surface area contributed by atoms with E-state index >= 15 is 0 Å². The fourth-order valence-electron chi connectivity index (χ4n) is 1.96. The van der Waals surface area contributed by atoms with Gasteiger partial charge >= 0.3 is 0 Å². The highest BCUT2D eigenvalue weighted by atomic mass is 79.9. The lowest BCUT2D eigenvalue weighted by molar-refractivity contribution is 0.365. The van der Waals surface area contributed by atoms with E-state index in [1.165, 1.54) is 12.1 Å². The van der Waals surface area contributed by atoms with Crippen molar-refractivity contribution in [2.75, 3.05) is 6.54 Å². The van der Waals surface area contributed by atoms with Gasteiger partial charge < -0.3 is 5.32 Å². The summed E-state index contributed by atoms with van der Waals surface area (Å²) in [5.74, 6) is 0.661. The third-order valence-corrected chi connectivity index (χ3v) is 3.49. The SMILES string of the molecule is CCNC(C)C(CC)Cc1ccc(Br)cn1. The summed E-state index contributed by atoms with van der Waals surface area (Å²) in [6, 6.07) is 4.72. The number of nitrogens with one attached hydrogen (secondary N) is 1. The molecule has 0 saturated heterocycles. The van der Waals surface area contributed by atoms with Gasteiger partial charge in [-0.25, -0.2) is 0 Å². The second-order valence-electron chi connectivity index (χ2n) is 4.19. The molecule has 0 aromatic carbocycles. The highest BCUT2D eigenvalue weighted by Gasteiger charge is 2.15. The van der Waals surface area contributed by atoms with Crippen LogP contribution in [0.1, 0.15) is 32.9 Å². The molecule has 0 aliphatic rings. The average Bonchev–Trinajstić information content (AvgIpc) is 2.28. The highest BCUT2D eigenvalue weighted by Crippen LogP contribution is 2.16. The molecule has 0 bridgehead atoms. The second-order valence-corrected chi connectivity index (χ2v) is 5.10. The molecule has 3 heteroatoms. The van der Waals surface area contributed by atoms with Crippen molar-refractivity contribution in [3.8, 4) is 0 Å². The normalized spacial score (nSPS) is 14.8. The zero-order valence-electron chi connectivity index (χ0n) is 10.3. The Morgan fingerprint density at radius 1 is 1.38 bits per heavy atom. The molecule has 90 valence electrons. The molecule has 0 spiro atoms. The fourth-order valence-corrected chi connectivity index (χ4v) is 2.19. The maximum Gasteiger partial charge on any atom is 0.0413 e. The van der Waals surface area contributed by atoms with Gasteiger partial charge in [0.15, 0.2) is 0 Å². The fraction of sp³-hybridized carbons (Fsp3) is 0.615. The summed E-state index contributed by atoms with van der Waals surface area (Å²) in [5.41, 5.74) is 1.18. The largest absolute Gasteiger partial charge is 0.314 e. The van der Waals surface area contributed by atoms with Crippen molar-refractivity contribution < 1.29 is 0 Å². The first-order valence-corrected chi connectivity index (χ1v) is 6.80. The van der Waals surface area contributed by atoms with Crippen LogP contribution in [-0.2, 0) is 6.42 Å². The summed E-state index contributed by atoms with van der Waals surface area (Å²) < 4.78 is 1.05. The van der Waals surface area contributed by atoms with Crippen molar-refractivity contribution >= 4 is 15.9 Å². The smallest absolute Gasteiger partial charge is 0.0413 e. The lowest BCUT2D eigenvalue weighted by atomic mass is 9.93. The van der Waals surface area contributed by atoms with Crippen LogP contribution in [0.15, 0.2) is 22.8 Å². The molecule has 0 amide bonds. The number of hydrogen-bond acceptors (Lipinski definition) is 2. The minimum absolute atomic E-state index is 0.556. The van der Waals surface area contributed by atoms with Crippen molar-refractivity contribution in [3.05, 3.63) is 28.5 Å². The molecule has 2 unspecified atom stereocenters. The summed E-state index contributed by atoms with van der Waals surface area (Å²) in [4.78, 5) is 4.43. The van der Waals surface area contributed by atoms with E-state index in [4.69, 9.17) is 0 Å². The number of pyridine rings is 1. The molecule has 1 rings (SSSR count). The lowest BCUT2D eigenvalue weighted by Gasteiger charge is -2.23. The first-order valence-electron chi connectivity index (χ1n) is 6.01.